The topological polar surface area (TPSA) is 45.9 Å². The molecule has 0 unspecified atom stereocenters. The van der Waals surface area contributed by atoms with Gasteiger partial charge in [-0.05, 0) is 0 Å². The van der Waals surface area contributed by atoms with Crippen LogP contribution < -0.4 is 4.74 Å². The SMILES string of the molecule is N#CCc1cc(OC(F)(F)F)nc(C(F)F)c1F. The lowest BCUT2D eigenvalue weighted by molar-refractivity contribution is -0.276. The first kappa shape index (κ1) is 14.1. The van der Waals surface area contributed by atoms with Crippen molar-refractivity contribution in [1.29, 1.82) is 5.26 Å². The molecule has 0 saturated heterocycles. The lowest BCUT2D eigenvalue weighted by Gasteiger charge is -2.11. The third-order valence-corrected chi connectivity index (χ3v) is 1.73. The Morgan fingerprint density at radius 3 is 2.44 bits per heavy atom. The van der Waals surface area contributed by atoms with Crippen molar-refractivity contribution in [3.05, 3.63) is 23.1 Å². The molecular formula is C9H4F6N2O. The molecular weight excluding hydrogens is 266 g/mol. The summed E-state index contributed by atoms with van der Waals surface area (Å²) in [6.45, 7) is 0. The Bertz CT molecular complexity index is 479. The number of pyridine rings is 1. The van der Waals surface area contributed by atoms with Crippen molar-refractivity contribution >= 4 is 0 Å². The minimum absolute atomic E-state index is 0.456. The second-order valence-electron chi connectivity index (χ2n) is 3.00. The third-order valence-electron chi connectivity index (χ3n) is 1.73. The van der Waals surface area contributed by atoms with E-state index in [0.29, 0.717) is 6.07 Å². The Morgan fingerprint density at radius 1 is 1.39 bits per heavy atom. The van der Waals surface area contributed by atoms with E-state index in [1.54, 1.807) is 0 Å². The predicted molar refractivity (Wildman–Crippen MR) is 45.2 cm³/mol. The highest BCUT2D eigenvalue weighted by molar-refractivity contribution is 5.30. The second kappa shape index (κ2) is 5.12. The maximum Gasteiger partial charge on any atom is 0.574 e. The van der Waals surface area contributed by atoms with Crippen molar-refractivity contribution in [3.63, 3.8) is 0 Å². The standard InChI is InChI=1S/C9H4F6N2O/c10-6-4(1-2-16)3-5(18-9(13,14)15)17-7(6)8(11)12/h3,8H,1H2. The molecule has 0 bridgehead atoms. The van der Waals surface area contributed by atoms with Gasteiger partial charge in [0.05, 0.1) is 12.5 Å². The number of hydrogen-bond acceptors (Lipinski definition) is 3. The normalized spacial score (nSPS) is 11.4. The quantitative estimate of drug-likeness (QED) is 0.793. The Balaban J connectivity index is 3.25. The van der Waals surface area contributed by atoms with Crippen LogP contribution in [-0.2, 0) is 6.42 Å². The molecule has 0 atom stereocenters. The van der Waals surface area contributed by atoms with Crippen LogP contribution in [0.5, 0.6) is 5.88 Å². The van der Waals surface area contributed by atoms with E-state index in [-0.39, 0.29) is 0 Å². The summed E-state index contributed by atoms with van der Waals surface area (Å²) < 4.78 is 76.9. The number of ether oxygens (including phenoxy) is 1. The van der Waals surface area contributed by atoms with Gasteiger partial charge < -0.3 is 4.74 Å². The zero-order valence-corrected chi connectivity index (χ0v) is 8.43. The molecule has 1 aromatic rings. The molecule has 0 aromatic carbocycles. The molecule has 0 saturated carbocycles. The molecule has 0 amide bonds. The van der Waals surface area contributed by atoms with Gasteiger partial charge in [-0.3, -0.25) is 0 Å². The molecule has 1 aromatic heterocycles. The average molecular weight is 270 g/mol. The molecule has 0 aliphatic rings. The Labute approximate surface area is 96.6 Å². The van der Waals surface area contributed by atoms with Crippen LogP contribution in [0.2, 0.25) is 0 Å². The number of hydrogen-bond donors (Lipinski definition) is 0. The fourth-order valence-electron chi connectivity index (χ4n) is 1.11. The van der Waals surface area contributed by atoms with Gasteiger partial charge >= 0.3 is 6.36 Å². The van der Waals surface area contributed by atoms with Gasteiger partial charge in [0, 0.05) is 11.6 Å². The first-order valence-corrected chi connectivity index (χ1v) is 4.34. The van der Waals surface area contributed by atoms with Gasteiger partial charge in [-0.25, -0.2) is 18.2 Å². The molecule has 98 valence electrons. The maximum absolute atomic E-state index is 13.3. The highest BCUT2D eigenvalue weighted by Gasteiger charge is 2.33. The van der Waals surface area contributed by atoms with Crippen LogP contribution in [0.1, 0.15) is 17.7 Å². The molecule has 0 radical (unpaired) electrons. The fourth-order valence-corrected chi connectivity index (χ4v) is 1.11. The summed E-state index contributed by atoms with van der Waals surface area (Å²) in [7, 11) is 0. The minimum Gasteiger partial charge on any atom is -0.388 e. The largest absolute Gasteiger partial charge is 0.574 e. The van der Waals surface area contributed by atoms with E-state index in [9.17, 15) is 26.3 Å². The summed E-state index contributed by atoms with van der Waals surface area (Å²) >= 11 is 0. The molecule has 0 N–H and O–H groups in total. The molecule has 1 rings (SSSR count). The molecule has 0 aliphatic carbocycles. The van der Waals surface area contributed by atoms with E-state index in [4.69, 9.17) is 5.26 Å². The van der Waals surface area contributed by atoms with E-state index in [0.717, 1.165) is 0 Å². The van der Waals surface area contributed by atoms with E-state index in [1.807, 2.05) is 0 Å². The summed E-state index contributed by atoms with van der Waals surface area (Å²) in [6.07, 6.45) is -9.24. The van der Waals surface area contributed by atoms with Crippen molar-refractivity contribution < 1.29 is 31.1 Å². The van der Waals surface area contributed by atoms with E-state index in [2.05, 4.69) is 9.72 Å². The summed E-state index contributed by atoms with van der Waals surface area (Å²) in [5.74, 6) is -2.74. The number of nitriles is 1. The van der Waals surface area contributed by atoms with Crippen LogP contribution in [0.3, 0.4) is 0 Å². The predicted octanol–water partition coefficient (Wildman–Crippen LogP) is 3.12. The van der Waals surface area contributed by atoms with Gasteiger partial charge in [0.15, 0.2) is 5.82 Å². The third kappa shape index (κ3) is 3.51. The number of halogens is 6. The van der Waals surface area contributed by atoms with Crippen LogP contribution in [0.15, 0.2) is 6.07 Å². The highest BCUT2D eigenvalue weighted by Crippen LogP contribution is 2.28. The lowest BCUT2D eigenvalue weighted by atomic mass is 10.1. The Kier molecular flexibility index (Phi) is 4.00. The molecule has 1 heterocycles. The van der Waals surface area contributed by atoms with Crippen LogP contribution in [0.25, 0.3) is 0 Å². The van der Waals surface area contributed by atoms with Crippen LogP contribution in [-0.4, -0.2) is 11.3 Å². The highest BCUT2D eigenvalue weighted by atomic mass is 19.4. The van der Waals surface area contributed by atoms with Gasteiger partial charge in [0.1, 0.15) is 5.69 Å². The fraction of sp³-hybridized carbons (Fsp3) is 0.333. The molecule has 0 spiro atoms. The summed E-state index contributed by atoms with van der Waals surface area (Å²) in [4.78, 5) is 2.72. The van der Waals surface area contributed by atoms with Gasteiger partial charge in [0.25, 0.3) is 6.43 Å². The minimum atomic E-state index is -5.14. The van der Waals surface area contributed by atoms with Gasteiger partial charge in [-0.2, -0.15) is 5.26 Å². The van der Waals surface area contributed by atoms with Crippen molar-refractivity contribution in [1.82, 2.24) is 4.98 Å². The average Bonchev–Trinajstić information content (AvgIpc) is 2.20. The number of rotatable bonds is 3. The van der Waals surface area contributed by atoms with E-state index >= 15 is 0 Å². The van der Waals surface area contributed by atoms with Crippen molar-refractivity contribution in [3.8, 4) is 11.9 Å². The maximum atomic E-state index is 13.3. The summed E-state index contributed by atoms with van der Waals surface area (Å²) in [6, 6.07) is 1.89. The monoisotopic (exact) mass is 270 g/mol. The van der Waals surface area contributed by atoms with E-state index in [1.165, 1.54) is 6.07 Å². The number of alkyl halides is 5. The molecule has 0 aliphatic heterocycles. The first-order valence-electron chi connectivity index (χ1n) is 4.34. The van der Waals surface area contributed by atoms with Gasteiger partial charge in [0.2, 0.25) is 5.88 Å². The van der Waals surface area contributed by atoms with Crippen LogP contribution >= 0.6 is 0 Å². The zero-order chi connectivity index (χ0) is 13.9. The zero-order valence-electron chi connectivity index (χ0n) is 8.43. The molecule has 3 nitrogen and oxygen atoms in total. The second-order valence-corrected chi connectivity index (χ2v) is 3.00. The van der Waals surface area contributed by atoms with Crippen molar-refractivity contribution in [2.24, 2.45) is 0 Å². The molecule has 0 fully saturated rings. The lowest BCUT2D eigenvalue weighted by Crippen LogP contribution is -2.19. The van der Waals surface area contributed by atoms with Crippen molar-refractivity contribution in [2.75, 3.05) is 0 Å². The van der Waals surface area contributed by atoms with Gasteiger partial charge in [-0.1, -0.05) is 0 Å². The van der Waals surface area contributed by atoms with E-state index < -0.39 is 42.2 Å². The Hall–Kier alpha value is -1.98. The summed E-state index contributed by atoms with van der Waals surface area (Å²) in [5.41, 5.74) is -2.12. The first-order chi connectivity index (χ1) is 8.24. The number of aromatic nitrogens is 1. The smallest absolute Gasteiger partial charge is 0.388 e. The number of nitrogens with zero attached hydrogens (tertiary/aromatic N) is 2. The van der Waals surface area contributed by atoms with Gasteiger partial charge in [-0.15, -0.1) is 13.2 Å². The van der Waals surface area contributed by atoms with Crippen LogP contribution in [0.4, 0.5) is 26.3 Å². The molecule has 9 heteroatoms. The Morgan fingerprint density at radius 2 is 2.00 bits per heavy atom. The van der Waals surface area contributed by atoms with Crippen LogP contribution in [0, 0.1) is 17.1 Å². The van der Waals surface area contributed by atoms with Crippen molar-refractivity contribution in [2.45, 2.75) is 19.2 Å². The molecule has 18 heavy (non-hydrogen) atoms. The summed E-state index contributed by atoms with van der Waals surface area (Å²) in [5, 5.41) is 8.31.